The Balaban J connectivity index is 1.68. The molecule has 3 aromatic rings. The van der Waals surface area contributed by atoms with Crippen LogP contribution in [-0.4, -0.2) is 43.3 Å². The summed E-state index contributed by atoms with van der Waals surface area (Å²) in [7, 11) is 1.46. The second kappa shape index (κ2) is 14.2. The normalized spacial score (nSPS) is 14.1. The van der Waals surface area contributed by atoms with E-state index in [0.717, 1.165) is 16.7 Å². The van der Waals surface area contributed by atoms with Crippen molar-refractivity contribution in [3.63, 3.8) is 0 Å². The van der Waals surface area contributed by atoms with Crippen molar-refractivity contribution < 1.29 is 24.2 Å². The highest BCUT2D eigenvalue weighted by atomic mass is 16.6. The standard InChI is InChI=1S/C27H31NO5/c1-30-28-17-26(32-19-23-13-7-3-8-14-23)27(33-20-24-15-9-4-10-16-24)25(29)21-31-18-22-11-5-2-6-12-22/h2-17,25-27,29H,18-21H2,1H3/b28-17+. The second-order valence-electron chi connectivity index (χ2n) is 7.53. The van der Waals surface area contributed by atoms with Crippen molar-refractivity contribution in [3.8, 4) is 0 Å². The van der Waals surface area contributed by atoms with Crippen molar-refractivity contribution in [1.29, 1.82) is 0 Å². The van der Waals surface area contributed by atoms with Gasteiger partial charge in [-0.25, -0.2) is 0 Å². The topological polar surface area (TPSA) is 69.5 Å². The molecule has 0 fully saturated rings. The minimum atomic E-state index is -0.943. The van der Waals surface area contributed by atoms with Crippen molar-refractivity contribution >= 4 is 6.21 Å². The van der Waals surface area contributed by atoms with Crippen LogP contribution in [0, 0.1) is 0 Å². The van der Waals surface area contributed by atoms with E-state index < -0.39 is 18.3 Å². The molecule has 0 saturated heterocycles. The molecule has 0 bridgehead atoms. The lowest BCUT2D eigenvalue weighted by molar-refractivity contribution is -0.127. The van der Waals surface area contributed by atoms with Gasteiger partial charge in [-0.05, 0) is 16.7 Å². The van der Waals surface area contributed by atoms with Crippen molar-refractivity contribution in [3.05, 3.63) is 108 Å². The third-order valence-electron chi connectivity index (χ3n) is 4.99. The summed E-state index contributed by atoms with van der Waals surface area (Å²) in [4.78, 5) is 4.88. The number of hydrogen-bond acceptors (Lipinski definition) is 6. The maximum atomic E-state index is 11.0. The highest BCUT2D eigenvalue weighted by Crippen LogP contribution is 2.15. The van der Waals surface area contributed by atoms with Crippen LogP contribution in [-0.2, 0) is 38.9 Å². The molecule has 0 spiro atoms. The van der Waals surface area contributed by atoms with E-state index in [4.69, 9.17) is 19.0 Å². The largest absolute Gasteiger partial charge is 0.399 e. The Morgan fingerprint density at radius 2 is 1.21 bits per heavy atom. The molecule has 0 aliphatic heterocycles. The summed E-state index contributed by atoms with van der Waals surface area (Å²) in [6.45, 7) is 1.13. The Kier molecular flexibility index (Phi) is 10.6. The van der Waals surface area contributed by atoms with Crippen molar-refractivity contribution in [2.75, 3.05) is 13.7 Å². The van der Waals surface area contributed by atoms with Crippen LogP contribution in [0.3, 0.4) is 0 Å². The zero-order valence-corrected chi connectivity index (χ0v) is 18.8. The molecule has 0 amide bonds. The average Bonchev–Trinajstić information content (AvgIpc) is 2.87. The molecule has 0 saturated carbocycles. The molecule has 0 heterocycles. The molecule has 0 aliphatic rings. The van der Waals surface area contributed by atoms with Crippen LogP contribution in [0.15, 0.2) is 96.2 Å². The van der Waals surface area contributed by atoms with E-state index in [1.165, 1.54) is 13.3 Å². The maximum Gasteiger partial charge on any atom is 0.125 e. The fourth-order valence-corrected chi connectivity index (χ4v) is 3.27. The Hall–Kier alpha value is -3.03. The van der Waals surface area contributed by atoms with Gasteiger partial charge in [-0.3, -0.25) is 0 Å². The molecule has 3 rings (SSSR count). The van der Waals surface area contributed by atoms with E-state index in [-0.39, 0.29) is 6.61 Å². The van der Waals surface area contributed by atoms with E-state index in [9.17, 15) is 5.11 Å². The monoisotopic (exact) mass is 449 g/mol. The van der Waals surface area contributed by atoms with Gasteiger partial charge < -0.3 is 24.2 Å². The third-order valence-corrected chi connectivity index (χ3v) is 4.99. The molecule has 6 heteroatoms. The predicted molar refractivity (Wildman–Crippen MR) is 128 cm³/mol. The first-order valence-electron chi connectivity index (χ1n) is 10.9. The lowest BCUT2D eigenvalue weighted by atomic mass is 10.1. The molecule has 0 aromatic heterocycles. The fraction of sp³-hybridized carbons (Fsp3) is 0.296. The van der Waals surface area contributed by atoms with E-state index in [1.54, 1.807) is 0 Å². The number of ether oxygens (including phenoxy) is 3. The smallest absolute Gasteiger partial charge is 0.125 e. The average molecular weight is 450 g/mol. The number of benzene rings is 3. The minimum absolute atomic E-state index is 0.0837. The quantitative estimate of drug-likeness (QED) is 0.292. The first-order valence-corrected chi connectivity index (χ1v) is 10.9. The summed E-state index contributed by atoms with van der Waals surface area (Å²) < 4.78 is 18.0. The lowest BCUT2D eigenvalue weighted by Gasteiger charge is -2.29. The number of aliphatic hydroxyl groups excluding tert-OH is 1. The fourth-order valence-electron chi connectivity index (χ4n) is 3.27. The maximum absolute atomic E-state index is 11.0. The molecule has 3 unspecified atom stereocenters. The van der Waals surface area contributed by atoms with E-state index in [1.807, 2.05) is 91.0 Å². The molecule has 33 heavy (non-hydrogen) atoms. The van der Waals surface area contributed by atoms with Crippen molar-refractivity contribution in [1.82, 2.24) is 0 Å². The highest BCUT2D eigenvalue weighted by molar-refractivity contribution is 5.63. The molecule has 0 radical (unpaired) electrons. The first kappa shape index (κ1) is 24.6. The van der Waals surface area contributed by atoms with Gasteiger partial charge in [-0.15, -0.1) is 0 Å². The number of oxime groups is 1. The summed E-state index contributed by atoms with van der Waals surface area (Å²) in [5.41, 5.74) is 3.03. The molecule has 6 nitrogen and oxygen atoms in total. The summed E-state index contributed by atoms with van der Waals surface area (Å²) in [5, 5.41) is 14.9. The molecule has 3 aromatic carbocycles. The Bertz CT molecular complexity index is 921. The summed E-state index contributed by atoms with van der Waals surface area (Å²) in [5.74, 6) is 0. The SMILES string of the molecule is CO/N=C/C(OCc1ccccc1)C(OCc1ccccc1)C(O)COCc1ccccc1. The van der Waals surface area contributed by atoms with Gasteiger partial charge in [0.05, 0.1) is 32.6 Å². The van der Waals surface area contributed by atoms with Gasteiger partial charge in [-0.1, -0.05) is 96.2 Å². The number of rotatable bonds is 14. The number of aliphatic hydroxyl groups is 1. The molecular formula is C27H31NO5. The summed E-state index contributed by atoms with van der Waals surface area (Å²) >= 11 is 0. The highest BCUT2D eigenvalue weighted by Gasteiger charge is 2.30. The van der Waals surface area contributed by atoms with Gasteiger partial charge in [-0.2, -0.15) is 0 Å². The van der Waals surface area contributed by atoms with Crippen LogP contribution < -0.4 is 0 Å². The second-order valence-corrected chi connectivity index (χ2v) is 7.53. The predicted octanol–water partition coefficient (Wildman–Crippen LogP) is 4.37. The minimum Gasteiger partial charge on any atom is -0.399 e. The van der Waals surface area contributed by atoms with Gasteiger partial charge in [0.2, 0.25) is 0 Å². The zero-order chi connectivity index (χ0) is 23.1. The molecule has 174 valence electrons. The van der Waals surface area contributed by atoms with Crippen molar-refractivity contribution in [2.45, 2.75) is 38.1 Å². The van der Waals surface area contributed by atoms with E-state index >= 15 is 0 Å². The Morgan fingerprint density at radius 1 is 0.727 bits per heavy atom. The molecular weight excluding hydrogens is 418 g/mol. The number of nitrogens with zero attached hydrogens (tertiary/aromatic N) is 1. The van der Waals surface area contributed by atoms with E-state index in [0.29, 0.717) is 19.8 Å². The molecule has 0 aliphatic carbocycles. The van der Waals surface area contributed by atoms with Crippen LogP contribution in [0.4, 0.5) is 0 Å². The van der Waals surface area contributed by atoms with Gasteiger partial charge in [0.15, 0.2) is 0 Å². The first-order chi connectivity index (χ1) is 16.3. The lowest BCUT2D eigenvalue weighted by Crippen LogP contribution is -2.44. The number of hydrogen-bond donors (Lipinski definition) is 1. The van der Waals surface area contributed by atoms with Crippen LogP contribution in [0.25, 0.3) is 0 Å². The van der Waals surface area contributed by atoms with Gasteiger partial charge in [0.25, 0.3) is 0 Å². The Labute approximate surface area is 195 Å². The van der Waals surface area contributed by atoms with Gasteiger partial charge in [0, 0.05) is 0 Å². The van der Waals surface area contributed by atoms with Crippen molar-refractivity contribution in [2.24, 2.45) is 5.16 Å². The van der Waals surface area contributed by atoms with Crippen LogP contribution in [0.5, 0.6) is 0 Å². The third kappa shape index (κ3) is 8.79. The molecule has 3 atom stereocenters. The summed E-state index contributed by atoms with van der Waals surface area (Å²) in [6, 6.07) is 29.4. The summed E-state index contributed by atoms with van der Waals surface area (Å²) in [6.07, 6.45) is -0.798. The Morgan fingerprint density at radius 3 is 1.73 bits per heavy atom. The van der Waals surface area contributed by atoms with Gasteiger partial charge in [0.1, 0.15) is 25.4 Å². The van der Waals surface area contributed by atoms with Crippen LogP contribution in [0.2, 0.25) is 0 Å². The van der Waals surface area contributed by atoms with E-state index in [2.05, 4.69) is 5.16 Å². The van der Waals surface area contributed by atoms with Gasteiger partial charge >= 0.3 is 0 Å². The zero-order valence-electron chi connectivity index (χ0n) is 18.8. The van der Waals surface area contributed by atoms with Crippen LogP contribution in [0.1, 0.15) is 16.7 Å². The van der Waals surface area contributed by atoms with Crippen LogP contribution >= 0.6 is 0 Å². The molecule has 1 N–H and O–H groups in total.